The molecular weight excluding hydrogens is 332 g/mol. The molecule has 2 aromatic rings. The lowest BCUT2D eigenvalue weighted by molar-refractivity contribution is -0.122. The van der Waals surface area contributed by atoms with Gasteiger partial charge in [0.05, 0.1) is 13.7 Å². The largest absolute Gasteiger partial charge is 0.497 e. The maximum Gasteiger partial charge on any atom is 0.278 e. The molecule has 0 unspecified atom stereocenters. The van der Waals surface area contributed by atoms with Gasteiger partial charge in [-0.15, -0.1) is 0 Å². The first-order chi connectivity index (χ1) is 12.2. The molecule has 0 bridgehead atoms. The number of ether oxygens (including phenoxy) is 1. The van der Waals surface area contributed by atoms with Crippen molar-refractivity contribution in [3.8, 4) is 5.75 Å². The number of carbonyl (C=O) groups is 1. The van der Waals surface area contributed by atoms with Crippen molar-refractivity contribution in [1.82, 2.24) is 4.90 Å². The number of rotatable bonds is 5. The fourth-order valence-corrected chi connectivity index (χ4v) is 3.26. The van der Waals surface area contributed by atoms with Crippen LogP contribution in [0, 0.1) is 0 Å². The summed E-state index contributed by atoms with van der Waals surface area (Å²) < 4.78 is 5.17. The standard InChI is InChI=1S/C20H20N2O2S/c1-3-25-20-21-18(13-15-9-11-17(24-2)12-10-15)19(23)22(20)14-16-7-5-4-6-8-16/h4-13H,3,14H2,1-2H3/b18-13+. The van der Waals surface area contributed by atoms with Gasteiger partial charge < -0.3 is 4.74 Å². The average molecular weight is 352 g/mol. The number of benzene rings is 2. The second kappa shape index (κ2) is 8.03. The molecule has 0 aromatic heterocycles. The number of hydrogen-bond donors (Lipinski definition) is 0. The van der Waals surface area contributed by atoms with E-state index in [0.717, 1.165) is 27.8 Å². The summed E-state index contributed by atoms with van der Waals surface area (Å²) in [4.78, 5) is 19.1. The van der Waals surface area contributed by atoms with E-state index in [2.05, 4.69) is 11.9 Å². The summed E-state index contributed by atoms with van der Waals surface area (Å²) in [5.41, 5.74) is 2.48. The Kier molecular flexibility index (Phi) is 5.56. The van der Waals surface area contributed by atoms with Crippen molar-refractivity contribution in [3.05, 3.63) is 71.4 Å². The Bertz CT molecular complexity index is 798. The van der Waals surface area contributed by atoms with Crippen molar-refractivity contribution in [3.63, 3.8) is 0 Å². The molecule has 1 amide bonds. The Morgan fingerprint density at radius 2 is 1.84 bits per heavy atom. The summed E-state index contributed by atoms with van der Waals surface area (Å²) in [6, 6.07) is 17.6. The minimum atomic E-state index is -0.0596. The highest BCUT2D eigenvalue weighted by molar-refractivity contribution is 8.13. The first-order valence-corrected chi connectivity index (χ1v) is 9.13. The molecule has 4 nitrogen and oxygen atoms in total. The van der Waals surface area contributed by atoms with E-state index in [-0.39, 0.29) is 5.91 Å². The molecule has 0 saturated heterocycles. The molecule has 0 radical (unpaired) electrons. The van der Waals surface area contributed by atoms with E-state index in [1.54, 1.807) is 23.8 Å². The predicted molar refractivity (Wildman–Crippen MR) is 104 cm³/mol. The van der Waals surface area contributed by atoms with Crippen LogP contribution in [-0.2, 0) is 11.3 Å². The molecule has 0 fully saturated rings. The number of methoxy groups -OCH3 is 1. The highest BCUT2D eigenvalue weighted by atomic mass is 32.2. The molecule has 1 heterocycles. The van der Waals surface area contributed by atoms with Crippen molar-refractivity contribution in [2.24, 2.45) is 4.99 Å². The summed E-state index contributed by atoms with van der Waals surface area (Å²) >= 11 is 1.58. The molecule has 1 aliphatic heterocycles. The van der Waals surface area contributed by atoms with Gasteiger partial charge >= 0.3 is 0 Å². The molecule has 0 spiro atoms. The minimum Gasteiger partial charge on any atom is -0.497 e. The van der Waals surface area contributed by atoms with Crippen molar-refractivity contribution >= 4 is 28.9 Å². The van der Waals surface area contributed by atoms with Crippen LogP contribution in [0.2, 0.25) is 0 Å². The van der Waals surface area contributed by atoms with Gasteiger partial charge in [-0.25, -0.2) is 4.99 Å². The fourth-order valence-electron chi connectivity index (χ4n) is 2.53. The third-order valence-electron chi connectivity index (χ3n) is 3.79. The SMILES string of the molecule is CCSC1=N/C(=C/c2ccc(OC)cc2)C(=O)N1Cc1ccccc1. The maximum absolute atomic E-state index is 12.8. The van der Waals surface area contributed by atoms with Gasteiger partial charge in [0.2, 0.25) is 0 Å². The minimum absolute atomic E-state index is 0.0596. The van der Waals surface area contributed by atoms with Crippen molar-refractivity contribution in [2.75, 3.05) is 12.9 Å². The smallest absolute Gasteiger partial charge is 0.278 e. The number of thioether (sulfide) groups is 1. The molecule has 0 N–H and O–H groups in total. The van der Waals surface area contributed by atoms with Gasteiger partial charge in [-0.2, -0.15) is 0 Å². The molecule has 3 rings (SSSR count). The van der Waals surface area contributed by atoms with E-state index in [0.29, 0.717) is 12.2 Å². The van der Waals surface area contributed by atoms with Gasteiger partial charge in [0, 0.05) is 0 Å². The Hall–Kier alpha value is -2.53. The average Bonchev–Trinajstić information content (AvgIpc) is 2.92. The zero-order chi connectivity index (χ0) is 17.6. The Balaban J connectivity index is 1.85. The fraction of sp³-hybridized carbons (Fsp3) is 0.200. The zero-order valence-electron chi connectivity index (χ0n) is 14.3. The van der Waals surface area contributed by atoms with E-state index in [4.69, 9.17) is 4.74 Å². The highest BCUT2D eigenvalue weighted by Gasteiger charge is 2.30. The van der Waals surface area contributed by atoms with Crippen LogP contribution in [0.15, 0.2) is 65.3 Å². The molecule has 0 saturated carbocycles. The zero-order valence-corrected chi connectivity index (χ0v) is 15.1. The molecule has 0 atom stereocenters. The molecule has 0 aliphatic carbocycles. The Morgan fingerprint density at radius 1 is 1.12 bits per heavy atom. The summed E-state index contributed by atoms with van der Waals surface area (Å²) in [6.45, 7) is 2.59. The Labute approximate surface area is 152 Å². The number of nitrogens with zero attached hydrogens (tertiary/aromatic N) is 2. The van der Waals surface area contributed by atoms with Crippen LogP contribution in [-0.4, -0.2) is 28.8 Å². The molecule has 1 aliphatic rings. The third-order valence-corrected chi connectivity index (χ3v) is 4.65. The van der Waals surface area contributed by atoms with Crippen LogP contribution >= 0.6 is 11.8 Å². The van der Waals surface area contributed by atoms with E-state index < -0.39 is 0 Å². The highest BCUT2D eigenvalue weighted by Crippen LogP contribution is 2.26. The topological polar surface area (TPSA) is 41.9 Å². The number of carbonyl (C=O) groups excluding carboxylic acids is 1. The van der Waals surface area contributed by atoms with Gasteiger partial charge in [0.15, 0.2) is 5.17 Å². The Morgan fingerprint density at radius 3 is 2.48 bits per heavy atom. The monoisotopic (exact) mass is 352 g/mol. The van der Waals surface area contributed by atoms with Crippen LogP contribution in [0.1, 0.15) is 18.1 Å². The molecule has 5 heteroatoms. The summed E-state index contributed by atoms with van der Waals surface area (Å²) in [5.74, 6) is 1.60. The maximum atomic E-state index is 12.8. The molecular formula is C20H20N2O2S. The lowest BCUT2D eigenvalue weighted by Gasteiger charge is -2.17. The van der Waals surface area contributed by atoms with E-state index in [1.165, 1.54) is 0 Å². The predicted octanol–water partition coefficient (Wildman–Crippen LogP) is 4.19. The van der Waals surface area contributed by atoms with Crippen LogP contribution in [0.25, 0.3) is 6.08 Å². The summed E-state index contributed by atoms with van der Waals surface area (Å²) in [7, 11) is 1.63. The quantitative estimate of drug-likeness (QED) is 0.758. The first kappa shape index (κ1) is 17.3. The van der Waals surface area contributed by atoms with Crippen LogP contribution in [0.4, 0.5) is 0 Å². The molecule has 2 aromatic carbocycles. The second-order valence-electron chi connectivity index (χ2n) is 5.51. The number of amides is 1. The van der Waals surface area contributed by atoms with Crippen LogP contribution in [0.5, 0.6) is 5.75 Å². The number of amidine groups is 1. The van der Waals surface area contributed by atoms with E-state index in [9.17, 15) is 4.79 Å². The van der Waals surface area contributed by atoms with Gasteiger partial charge in [-0.3, -0.25) is 9.69 Å². The van der Waals surface area contributed by atoms with Crippen molar-refractivity contribution in [1.29, 1.82) is 0 Å². The normalized spacial score (nSPS) is 15.6. The van der Waals surface area contributed by atoms with E-state index in [1.807, 2.05) is 60.7 Å². The van der Waals surface area contributed by atoms with Gasteiger partial charge in [-0.1, -0.05) is 61.2 Å². The third kappa shape index (κ3) is 4.12. The molecule has 128 valence electrons. The van der Waals surface area contributed by atoms with Gasteiger partial charge in [0.25, 0.3) is 5.91 Å². The summed E-state index contributed by atoms with van der Waals surface area (Å²) in [6.07, 6.45) is 1.82. The van der Waals surface area contributed by atoms with Gasteiger partial charge in [0.1, 0.15) is 11.4 Å². The van der Waals surface area contributed by atoms with Crippen LogP contribution < -0.4 is 4.74 Å². The van der Waals surface area contributed by atoms with Crippen molar-refractivity contribution < 1.29 is 9.53 Å². The number of hydrogen-bond acceptors (Lipinski definition) is 4. The first-order valence-electron chi connectivity index (χ1n) is 8.14. The van der Waals surface area contributed by atoms with Crippen LogP contribution in [0.3, 0.4) is 0 Å². The lowest BCUT2D eigenvalue weighted by atomic mass is 10.1. The lowest BCUT2D eigenvalue weighted by Crippen LogP contribution is -2.30. The van der Waals surface area contributed by atoms with Crippen molar-refractivity contribution in [2.45, 2.75) is 13.5 Å². The summed E-state index contributed by atoms with van der Waals surface area (Å²) in [5, 5.41) is 0.760. The second-order valence-corrected chi connectivity index (χ2v) is 6.74. The van der Waals surface area contributed by atoms with E-state index >= 15 is 0 Å². The molecule has 25 heavy (non-hydrogen) atoms. The van der Waals surface area contributed by atoms with Gasteiger partial charge in [-0.05, 0) is 35.1 Å². The number of aliphatic imine (C=N–C) groups is 1.